The average Bonchev–Trinajstić information content (AvgIpc) is 3.26. The molecule has 1 aliphatic heterocycles. The number of benzene rings is 1. The molecule has 29 heavy (non-hydrogen) atoms. The van der Waals surface area contributed by atoms with Crippen LogP contribution >= 0.6 is 11.3 Å². The summed E-state index contributed by atoms with van der Waals surface area (Å²) in [5.74, 6) is -0.361. The molecule has 2 heterocycles. The lowest BCUT2D eigenvalue weighted by Gasteiger charge is -2.22. The Morgan fingerprint density at radius 1 is 1.17 bits per heavy atom. The third kappa shape index (κ3) is 4.14. The summed E-state index contributed by atoms with van der Waals surface area (Å²) in [5.41, 5.74) is -0.657. The van der Waals surface area contributed by atoms with Crippen LogP contribution in [0.2, 0.25) is 0 Å². The smallest absolute Gasteiger partial charge is 0.325 e. The summed E-state index contributed by atoms with van der Waals surface area (Å²) in [5, 5.41) is 5.34. The van der Waals surface area contributed by atoms with Crippen LogP contribution in [-0.2, 0) is 21.7 Å². The number of carbonyl (C=O) groups excluding carboxylic acids is 4. The van der Waals surface area contributed by atoms with Gasteiger partial charge in [0.05, 0.1) is 25.1 Å². The molecule has 0 saturated carbocycles. The predicted molar refractivity (Wildman–Crippen MR) is 107 cm³/mol. The summed E-state index contributed by atoms with van der Waals surface area (Å²) in [4.78, 5) is 51.1. The molecule has 3 rings (SSSR count). The maximum absolute atomic E-state index is 13.0. The summed E-state index contributed by atoms with van der Waals surface area (Å²) in [6, 6.07) is 9.57. The fourth-order valence-corrected chi connectivity index (χ4v) is 3.89. The lowest BCUT2D eigenvalue weighted by molar-refractivity contribution is -0.130. The van der Waals surface area contributed by atoms with Gasteiger partial charge in [0.1, 0.15) is 11.3 Å². The number of carbonyl (C=O) groups is 4. The van der Waals surface area contributed by atoms with Crippen molar-refractivity contribution in [3.05, 3.63) is 51.7 Å². The van der Waals surface area contributed by atoms with E-state index in [9.17, 15) is 19.2 Å². The Morgan fingerprint density at radius 2 is 1.86 bits per heavy atom. The minimum atomic E-state index is -1.25. The topological polar surface area (TPSA) is 105 Å². The largest absolute Gasteiger partial charge is 0.497 e. The highest BCUT2D eigenvalue weighted by atomic mass is 32.1. The zero-order valence-corrected chi connectivity index (χ0v) is 17.1. The fourth-order valence-electron chi connectivity index (χ4n) is 3.02. The van der Waals surface area contributed by atoms with Gasteiger partial charge >= 0.3 is 6.03 Å². The molecule has 1 aromatic carbocycles. The summed E-state index contributed by atoms with van der Waals surface area (Å²) in [6.45, 7) is 3.00. The number of methoxy groups -OCH3 is 1. The van der Waals surface area contributed by atoms with E-state index in [0.717, 1.165) is 9.78 Å². The van der Waals surface area contributed by atoms with Gasteiger partial charge in [0.2, 0.25) is 5.91 Å². The van der Waals surface area contributed by atoms with E-state index in [2.05, 4.69) is 10.6 Å². The second kappa shape index (κ2) is 8.04. The first-order valence-electron chi connectivity index (χ1n) is 8.89. The van der Waals surface area contributed by atoms with Crippen molar-refractivity contribution >= 4 is 35.0 Å². The fraction of sp³-hybridized carbons (Fsp3) is 0.300. The highest BCUT2D eigenvalue weighted by molar-refractivity contribution is 7.14. The van der Waals surface area contributed by atoms with Crippen LogP contribution in [-0.4, -0.2) is 42.2 Å². The number of urea groups is 1. The Bertz CT molecular complexity index is 969. The molecule has 8 nitrogen and oxygen atoms in total. The van der Waals surface area contributed by atoms with Gasteiger partial charge in [0.25, 0.3) is 5.91 Å². The Balaban J connectivity index is 1.72. The molecule has 1 fully saturated rings. The molecule has 1 atom stereocenters. The van der Waals surface area contributed by atoms with E-state index in [1.165, 1.54) is 18.3 Å². The molecule has 0 spiro atoms. The molecule has 1 saturated heterocycles. The number of amides is 4. The maximum Gasteiger partial charge on any atom is 0.325 e. The van der Waals surface area contributed by atoms with Gasteiger partial charge in [-0.15, -0.1) is 11.3 Å². The van der Waals surface area contributed by atoms with Crippen LogP contribution < -0.4 is 15.4 Å². The number of ether oxygens (including phenoxy) is 1. The number of Topliss-reactive ketones (excluding diaryl/α,β-unsaturated/α-hetero) is 1. The van der Waals surface area contributed by atoms with Gasteiger partial charge in [-0.2, -0.15) is 0 Å². The molecule has 2 N–H and O–H groups in total. The van der Waals surface area contributed by atoms with Crippen molar-refractivity contribution in [3.63, 3.8) is 0 Å². The van der Waals surface area contributed by atoms with Crippen LogP contribution in [0.5, 0.6) is 5.75 Å². The van der Waals surface area contributed by atoms with E-state index in [-0.39, 0.29) is 18.2 Å². The van der Waals surface area contributed by atoms with E-state index in [1.807, 2.05) is 0 Å². The molecule has 9 heteroatoms. The van der Waals surface area contributed by atoms with Gasteiger partial charge in [-0.1, -0.05) is 12.1 Å². The summed E-state index contributed by atoms with van der Waals surface area (Å²) < 4.78 is 5.12. The molecule has 4 amide bonds. The van der Waals surface area contributed by atoms with Crippen LogP contribution in [0.1, 0.15) is 34.0 Å². The zero-order valence-electron chi connectivity index (χ0n) is 16.3. The van der Waals surface area contributed by atoms with E-state index < -0.39 is 17.5 Å². The van der Waals surface area contributed by atoms with Crippen LogP contribution in [0.4, 0.5) is 4.79 Å². The Hall–Kier alpha value is -3.20. The molecule has 1 aliphatic rings. The standard InChI is InChI=1S/C20H21N3O5S/c1-12(24)21-10-15-8-9-17(29-15)16(25)11-23-18(26)20(2,22-19(23)27)13-4-6-14(28-3)7-5-13/h4-9H,10-11H2,1-3H3,(H,21,24)(H,22,27)/t20-/m1/s1. The Labute approximate surface area is 171 Å². The number of nitrogens with one attached hydrogen (secondary N) is 2. The van der Waals surface area contributed by atoms with Crippen molar-refractivity contribution in [2.75, 3.05) is 13.7 Å². The maximum atomic E-state index is 13.0. The van der Waals surface area contributed by atoms with E-state index in [0.29, 0.717) is 22.7 Å². The monoisotopic (exact) mass is 415 g/mol. The quantitative estimate of drug-likeness (QED) is 0.532. The van der Waals surface area contributed by atoms with Crippen LogP contribution in [0.15, 0.2) is 36.4 Å². The van der Waals surface area contributed by atoms with Gasteiger partial charge in [-0.25, -0.2) is 4.79 Å². The van der Waals surface area contributed by atoms with Crippen molar-refractivity contribution in [2.45, 2.75) is 25.9 Å². The van der Waals surface area contributed by atoms with Crippen LogP contribution in [0, 0.1) is 0 Å². The zero-order chi connectivity index (χ0) is 21.2. The van der Waals surface area contributed by atoms with Gasteiger partial charge in [0.15, 0.2) is 5.78 Å². The minimum Gasteiger partial charge on any atom is -0.497 e. The molecule has 0 radical (unpaired) electrons. The second-order valence-electron chi connectivity index (χ2n) is 6.77. The van der Waals surface area contributed by atoms with E-state index >= 15 is 0 Å². The summed E-state index contributed by atoms with van der Waals surface area (Å²) in [6.07, 6.45) is 0. The van der Waals surface area contributed by atoms with Crippen molar-refractivity contribution in [2.24, 2.45) is 0 Å². The number of thiophene rings is 1. The van der Waals surface area contributed by atoms with Gasteiger partial charge in [0, 0.05) is 11.8 Å². The third-order valence-corrected chi connectivity index (χ3v) is 5.82. The average molecular weight is 415 g/mol. The van der Waals surface area contributed by atoms with Gasteiger partial charge in [-0.05, 0) is 36.8 Å². The number of hydrogen-bond acceptors (Lipinski definition) is 6. The third-order valence-electron chi connectivity index (χ3n) is 4.69. The SMILES string of the molecule is COc1ccc([C@@]2(C)NC(=O)N(CC(=O)c3ccc(CNC(C)=O)s3)C2=O)cc1. The Kier molecular flexibility index (Phi) is 5.69. The molecule has 152 valence electrons. The van der Waals surface area contributed by atoms with Gasteiger partial charge in [-0.3, -0.25) is 19.3 Å². The summed E-state index contributed by atoms with van der Waals surface area (Å²) >= 11 is 1.22. The lowest BCUT2D eigenvalue weighted by atomic mass is 9.92. The minimum absolute atomic E-state index is 0.163. The number of hydrogen-bond donors (Lipinski definition) is 2. The van der Waals surface area contributed by atoms with Crippen molar-refractivity contribution in [1.29, 1.82) is 0 Å². The molecule has 0 aliphatic carbocycles. The molecule has 0 bridgehead atoms. The van der Waals surface area contributed by atoms with E-state index in [4.69, 9.17) is 4.74 Å². The van der Waals surface area contributed by atoms with E-state index in [1.54, 1.807) is 50.4 Å². The van der Waals surface area contributed by atoms with Crippen molar-refractivity contribution in [3.8, 4) is 5.75 Å². The highest BCUT2D eigenvalue weighted by Crippen LogP contribution is 2.30. The van der Waals surface area contributed by atoms with Crippen molar-refractivity contribution < 1.29 is 23.9 Å². The molecular formula is C20H21N3O5S. The Morgan fingerprint density at radius 3 is 2.48 bits per heavy atom. The number of nitrogens with zero attached hydrogens (tertiary/aromatic N) is 1. The summed E-state index contributed by atoms with van der Waals surface area (Å²) in [7, 11) is 1.54. The number of rotatable bonds is 7. The van der Waals surface area contributed by atoms with Crippen molar-refractivity contribution in [1.82, 2.24) is 15.5 Å². The second-order valence-corrected chi connectivity index (χ2v) is 7.94. The predicted octanol–water partition coefficient (Wildman–Crippen LogP) is 2.04. The number of imide groups is 1. The first-order valence-corrected chi connectivity index (χ1v) is 9.71. The molecule has 2 aromatic rings. The molecule has 1 aromatic heterocycles. The first kappa shape index (κ1) is 20.5. The van der Waals surface area contributed by atoms with Crippen LogP contribution in [0.25, 0.3) is 0 Å². The lowest BCUT2D eigenvalue weighted by Crippen LogP contribution is -2.41. The van der Waals surface area contributed by atoms with Crippen LogP contribution in [0.3, 0.4) is 0 Å². The molecular weight excluding hydrogens is 394 g/mol. The highest BCUT2D eigenvalue weighted by Gasteiger charge is 2.49. The molecule has 0 unspecified atom stereocenters. The normalized spacial score (nSPS) is 18.5. The first-order chi connectivity index (χ1) is 13.7. The van der Waals surface area contributed by atoms with Gasteiger partial charge < -0.3 is 15.4 Å². The number of ketones is 1.